The largest absolute Gasteiger partial charge is 0.385 e. The molecule has 0 radical (unpaired) electrons. The Balaban J connectivity index is 0.00000304. The Hall–Kier alpha value is -2.55. The lowest BCUT2D eigenvalue weighted by molar-refractivity contribution is 0.256. The van der Waals surface area contributed by atoms with Crippen LogP contribution >= 0.6 is 12.4 Å². The predicted molar refractivity (Wildman–Crippen MR) is 157 cm³/mol. The van der Waals surface area contributed by atoms with Gasteiger partial charge in [0, 0.05) is 25.3 Å². The van der Waals surface area contributed by atoms with E-state index in [0.717, 1.165) is 19.4 Å². The van der Waals surface area contributed by atoms with Crippen LogP contribution in [0.15, 0.2) is 78.4 Å². The number of aryl methyl sites for hydroxylation is 2. The quantitative estimate of drug-likeness (QED) is 0.358. The first-order chi connectivity index (χ1) is 17.0. The number of halogens is 1. The van der Waals surface area contributed by atoms with Crippen LogP contribution in [0.3, 0.4) is 0 Å². The number of piperidine rings is 1. The van der Waals surface area contributed by atoms with E-state index in [1.807, 2.05) is 0 Å². The summed E-state index contributed by atoms with van der Waals surface area (Å²) in [5.41, 5.74) is 12.0. The molecule has 0 spiro atoms. The number of likely N-dealkylation sites (tertiary alicyclic amines) is 1. The second kappa shape index (κ2) is 11.7. The van der Waals surface area contributed by atoms with E-state index in [4.69, 9.17) is 0 Å². The van der Waals surface area contributed by atoms with Crippen molar-refractivity contribution >= 4 is 23.7 Å². The van der Waals surface area contributed by atoms with Crippen molar-refractivity contribution < 1.29 is 0 Å². The number of hydrogen-bond donors (Lipinski definition) is 1. The smallest absolute Gasteiger partial charge is 0.0340 e. The lowest BCUT2D eigenvalue weighted by atomic mass is 9.86. The van der Waals surface area contributed by atoms with Crippen LogP contribution in [0, 0.1) is 0 Å². The molecular formula is C33H41ClN2. The van der Waals surface area contributed by atoms with Gasteiger partial charge in [0.05, 0.1) is 0 Å². The van der Waals surface area contributed by atoms with E-state index in [1.165, 1.54) is 78.0 Å². The zero-order chi connectivity index (χ0) is 24.3. The molecule has 1 saturated heterocycles. The standard InChI is InChI=1S/C33H40N2.ClH/c1-33(2,3)28-15-17-29(18-16-28)34-21-8-22-35-23-19-27(20-24-35)32-30-11-6-4-9-25(30)13-14-26-10-5-7-12-31(26)32;/h4-7,9-12,15-18,34H,8,13-14,19-24H2,1-3H3;1H. The maximum absolute atomic E-state index is 3.62. The second-order valence-electron chi connectivity index (χ2n) is 11.2. The molecule has 0 aromatic heterocycles. The maximum Gasteiger partial charge on any atom is 0.0340 e. The van der Waals surface area contributed by atoms with Crippen molar-refractivity contribution in [2.24, 2.45) is 0 Å². The first-order valence-electron chi connectivity index (χ1n) is 13.4. The summed E-state index contributed by atoms with van der Waals surface area (Å²) >= 11 is 0. The molecule has 0 bridgehead atoms. The third-order valence-corrected chi connectivity index (χ3v) is 7.78. The SMILES string of the molecule is CC(C)(C)c1ccc(NCCCN2CCC(=C3c4ccccc4CCc4ccccc43)CC2)cc1.Cl. The summed E-state index contributed by atoms with van der Waals surface area (Å²) in [5, 5.41) is 3.62. The van der Waals surface area contributed by atoms with Gasteiger partial charge in [0.15, 0.2) is 0 Å². The van der Waals surface area contributed by atoms with Crippen LogP contribution < -0.4 is 5.32 Å². The van der Waals surface area contributed by atoms with Crippen LogP contribution in [0.4, 0.5) is 5.69 Å². The van der Waals surface area contributed by atoms with Crippen LogP contribution in [0.5, 0.6) is 0 Å². The Labute approximate surface area is 224 Å². The third-order valence-electron chi connectivity index (χ3n) is 7.78. The summed E-state index contributed by atoms with van der Waals surface area (Å²) in [5.74, 6) is 0. The first kappa shape index (κ1) is 26.5. The molecule has 0 unspecified atom stereocenters. The first-order valence-corrected chi connectivity index (χ1v) is 13.4. The van der Waals surface area contributed by atoms with Gasteiger partial charge >= 0.3 is 0 Å². The minimum atomic E-state index is 0. The van der Waals surface area contributed by atoms with Crippen LogP contribution in [0.1, 0.15) is 67.9 Å². The summed E-state index contributed by atoms with van der Waals surface area (Å²) in [6.45, 7) is 11.3. The second-order valence-corrected chi connectivity index (χ2v) is 11.2. The van der Waals surface area contributed by atoms with Crippen LogP contribution in [-0.4, -0.2) is 31.1 Å². The molecule has 3 heteroatoms. The molecule has 1 fully saturated rings. The molecular weight excluding hydrogens is 460 g/mol. The Morgan fingerprint density at radius 1 is 0.722 bits per heavy atom. The zero-order valence-electron chi connectivity index (χ0n) is 22.1. The third kappa shape index (κ3) is 6.05. The highest BCUT2D eigenvalue weighted by Gasteiger charge is 2.23. The number of fused-ring (bicyclic) bond motifs is 2. The summed E-state index contributed by atoms with van der Waals surface area (Å²) < 4.78 is 0. The molecule has 0 amide bonds. The van der Waals surface area contributed by atoms with E-state index < -0.39 is 0 Å². The number of rotatable bonds is 5. The minimum absolute atomic E-state index is 0. The molecule has 3 aromatic rings. The Bertz CT molecular complexity index is 1130. The van der Waals surface area contributed by atoms with Crippen LogP contribution in [-0.2, 0) is 18.3 Å². The fourth-order valence-electron chi connectivity index (χ4n) is 5.68. The molecule has 0 atom stereocenters. The molecule has 2 nitrogen and oxygen atoms in total. The Morgan fingerprint density at radius 2 is 1.28 bits per heavy atom. The molecule has 190 valence electrons. The number of anilines is 1. The fraction of sp³-hybridized carbons (Fsp3) is 0.394. The lowest BCUT2D eigenvalue weighted by Crippen LogP contribution is -2.32. The van der Waals surface area contributed by atoms with E-state index in [0.29, 0.717) is 0 Å². The van der Waals surface area contributed by atoms with Crippen LogP contribution in [0.25, 0.3) is 5.57 Å². The average Bonchev–Trinajstić information content (AvgIpc) is 3.04. The normalized spacial score (nSPS) is 16.0. The predicted octanol–water partition coefficient (Wildman–Crippen LogP) is 7.90. The monoisotopic (exact) mass is 500 g/mol. The molecule has 1 heterocycles. The van der Waals surface area contributed by atoms with Gasteiger partial charge in [-0.2, -0.15) is 0 Å². The summed E-state index contributed by atoms with van der Waals surface area (Å²) in [7, 11) is 0. The van der Waals surface area contributed by atoms with E-state index in [-0.39, 0.29) is 17.8 Å². The van der Waals surface area contributed by atoms with Gasteiger partial charge in [-0.3, -0.25) is 0 Å². The van der Waals surface area contributed by atoms with Gasteiger partial charge in [0.2, 0.25) is 0 Å². The summed E-state index contributed by atoms with van der Waals surface area (Å²) in [4.78, 5) is 2.66. The number of nitrogens with one attached hydrogen (secondary N) is 1. The lowest BCUT2D eigenvalue weighted by Gasteiger charge is -2.30. The number of benzene rings is 3. The average molecular weight is 501 g/mol. The number of nitrogens with zero attached hydrogens (tertiary/aromatic N) is 1. The Morgan fingerprint density at radius 3 is 1.83 bits per heavy atom. The van der Waals surface area contributed by atoms with Crippen molar-refractivity contribution in [3.8, 4) is 0 Å². The van der Waals surface area contributed by atoms with Crippen molar-refractivity contribution in [1.29, 1.82) is 0 Å². The van der Waals surface area contributed by atoms with E-state index in [1.54, 1.807) is 5.57 Å². The van der Waals surface area contributed by atoms with Crippen molar-refractivity contribution in [1.82, 2.24) is 4.90 Å². The van der Waals surface area contributed by atoms with E-state index >= 15 is 0 Å². The van der Waals surface area contributed by atoms with Crippen molar-refractivity contribution in [2.75, 3.05) is 31.5 Å². The van der Waals surface area contributed by atoms with Gasteiger partial charge in [-0.15, -0.1) is 12.4 Å². The molecule has 36 heavy (non-hydrogen) atoms. The van der Waals surface area contributed by atoms with Crippen molar-refractivity contribution in [3.63, 3.8) is 0 Å². The fourth-order valence-corrected chi connectivity index (χ4v) is 5.68. The van der Waals surface area contributed by atoms with Gasteiger partial charge in [-0.25, -0.2) is 0 Å². The molecule has 0 saturated carbocycles. The van der Waals surface area contributed by atoms with Crippen molar-refractivity contribution in [2.45, 2.75) is 58.3 Å². The summed E-state index contributed by atoms with van der Waals surface area (Å²) in [6, 6.07) is 27.2. The topological polar surface area (TPSA) is 15.3 Å². The Kier molecular flexibility index (Phi) is 8.59. The highest BCUT2D eigenvalue weighted by molar-refractivity contribution is 5.86. The van der Waals surface area contributed by atoms with Gasteiger partial charge in [-0.1, -0.05) is 87.0 Å². The molecule has 5 rings (SSSR count). The maximum atomic E-state index is 3.62. The molecule has 1 aliphatic carbocycles. The van der Waals surface area contributed by atoms with E-state index in [2.05, 4.69) is 104 Å². The summed E-state index contributed by atoms with van der Waals surface area (Å²) in [6.07, 6.45) is 5.82. The van der Waals surface area contributed by atoms with Crippen molar-refractivity contribution in [3.05, 3.63) is 106 Å². The van der Waals surface area contributed by atoms with E-state index in [9.17, 15) is 0 Å². The highest BCUT2D eigenvalue weighted by atomic mass is 35.5. The number of hydrogen-bond acceptors (Lipinski definition) is 2. The van der Waals surface area contributed by atoms with Gasteiger partial charge in [0.25, 0.3) is 0 Å². The molecule has 1 N–H and O–H groups in total. The van der Waals surface area contributed by atoms with Gasteiger partial charge < -0.3 is 10.2 Å². The highest BCUT2D eigenvalue weighted by Crippen LogP contribution is 2.38. The van der Waals surface area contributed by atoms with Gasteiger partial charge in [-0.05, 0) is 89.6 Å². The molecule has 1 aliphatic heterocycles. The van der Waals surface area contributed by atoms with Crippen LogP contribution in [0.2, 0.25) is 0 Å². The van der Waals surface area contributed by atoms with Gasteiger partial charge in [0.1, 0.15) is 0 Å². The molecule has 3 aromatic carbocycles. The molecule has 2 aliphatic rings. The zero-order valence-corrected chi connectivity index (χ0v) is 23.0. The minimum Gasteiger partial charge on any atom is -0.385 e.